The van der Waals surface area contributed by atoms with E-state index in [1.165, 1.54) is 6.07 Å². The van der Waals surface area contributed by atoms with E-state index in [0.29, 0.717) is 16.8 Å². The van der Waals surface area contributed by atoms with Gasteiger partial charge in [0, 0.05) is 11.8 Å². The summed E-state index contributed by atoms with van der Waals surface area (Å²) in [7, 11) is -3.43. The van der Waals surface area contributed by atoms with Crippen LogP contribution in [0.1, 0.15) is 81.3 Å². The Morgan fingerprint density at radius 2 is 2.00 bits per heavy atom. The summed E-state index contributed by atoms with van der Waals surface area (Å²) >= 11 is 1.00. The molecule has 0 bridgehead atoms. The Kier molecular flexibility index (Phi) is 7.94. The van der Waals surface area contributed by atoms with Gasteiger partial charge in [-0.25, -0.2) is 23.1 Å². The van der Waals surface area contributed by atoms with Crippen LogP contribution in [0, 0.1) is 17.1 Å². The van der Waals surface area contributed by atoms with Crippen LogP contribution in [0.3, 0.4) is 0 Å². The van der Waals surface area contributed by atoms with Gasteiger partial charge in [0.15, 0.2) is 15.7 Å². The molecule has 10 heteroatoms. The number of hydrogen-bond acceptors (Lipinski definition) is 7. The minimum atomic E-state index is -3.43. The number of nitriles is 1. The van der Waals surface area contributed by atoms with Gasteiger partial charge in [-0.3, -0.25) is 4.79 Å². The monoisotopic (exact) mass is 480 g/mol. The van der Waals surface area contributed by atoms with Gasteiger partial charge >= 0.3 is 0 Å². The maximum absolute atomic E-state index is 14.9. The highest BCUT2D eigenvalue weighted by Gasteiger charge is 2.25. The molecule has 1 aromatic carbocycles. The molecule has 7 nitrogen and oxygen atoms in total. The molecule has 1 atom stereocenters. The van der Waals surface area contributed by atoms with E-state index >= 15 is 0 Å². The summed E-state index contributed by atoms with van der Waals surface area (Å²) in [6.07, 6.45) is -0.116. The van der Waals surface area contributed by atoms with Crippen LogP contribution in [0.2, 0.25) is 0 Å². The standard InChI is InChI=1S/C22H29FN4O3S2/c1-12(2)16-7-14(9-24)20(23)19(13(3)4)17(16)8-15(28)10-26-32(25,30)21-27-18(11-31-21)22(5,6)29/h7,11-13,29H,8,10H2,1-6H3,(H2,25,26,30). The van der Waals surface area contributed by atoms with Crippen molar-refractivity contribution in [1.29, 1.82) is 5.26 Å². The van der Waals surface area contributed by atoms with Crippen LogP contribution >= 0.6 is 11.3 Å². The largest absolute Gasteiger partial charge is 0.384 e. The fourth-order valence-electron chi connectivity index (χ4n) is 3.28. The molecular formula is C22H29FN4O3S2. The molecule has 0 saturated carbocycles. The molecule has 0 aliphatic carbocycles. The number of ketones is 1. The Balaban J connectivity index is 2.39. The second-order valence-corrected chi connectivity index (χ2v) is 11.7. The number of thiazole rings is 1. The van der Waals surface area contributed by atoms with Crippen molar-refractivity contribution in [3.63, 3.8) is 0 Å². The number of nitrogens with zero attached hydrogens (tertiary/aromatic N) is 3. The van der Waals surface area contributed by atoms with Crippen molar-refractivity contribution in [2.24, 2.45) is 9.50 Å². The molecule has 174 valence electrons. The number of Topliss-reactive ketones (excluding diaryl/α,β-unsaturated/α-hetero) is 1. The third-order valence-corrected chi connectivity index (χ3v) is 7.68. The summed E-state index contributed by atoms with van der Waals surface area (Å²) in [6.45, 7) is 10.1. The maximum atomic E-state index is 14.9. The second-order valence-electron chi connectivity index (χ2n) is 8.77. The van der Waals surface area contributed by atoms with Crippen molar-refractivity contribution in [1.82, 2.24) is 4.98 Å². The van der Waals surface area contributed by atoms with E-state index in [-0.39, 0.29) is 33.9 Å². The Hall–Kier alpha value is -2.19. The van der Waals surface area contributed by atoms with E-state index in [0.717, 1.165) is 16.9 Å². The van der Waals surface area contributed by atoms with Gasteiger partial charge in [0.05, 0.1) is 11.3 Å². The van der Waals surface area contributed by atoms with E-state index in [1.54, 1.807) is 33.1 Å². The number of aliphatic hydroxyl groups is 1. The fraction of sp³-hybridized carbons (Fsp3) is 0.500. The smallest absolute Gasteiger partial charge is 0.204 e. The molecule has 1 aromatic heterocycles. The van der Waals surface area contributed by atoms with Gasteiger partial charge in [0.25, 0.3) is 0 Å². The first kappa shape index (κ1) is 26.1. The Morgan fingerprint density at radius 1 is 1.38 bits per heavy atom. The van der Waals surface area contributed by atoms with E-state index in [1.807, 2.05) is 19.9 Å². The molecule has 0 fully saturated rings. The van der Waals surface area contributed by atoms with Crippen molar-refractivity contribution in [2.75, 3.05) is 6.54 Å². The van der Waals surface area contributed by atoms with Crippen molar-refractivity contribution < 1.29 is 18.5 Å². The van der Waals surface area contributed by atoms with Gasteiger partial charge in [0.2, 0.25) is 4.34 Å². The Bertz CT molecular complexity index is 1180. The average molecular weight is 481 g/mol. The van der Waals surface area contributed by atoms with Crippen LogP contribution in [0.15, 0.2) is 20.1 Å². The molecule has 2 aromatic rings. The molecule has 0 aliphatic rings. The molecule has 1 unspecified atom stereocenters. The molecule has 0 amide bonds. The average Bonchev–Trinajstić information content (AvgIpc) is 3.18. The SMILES string of the molecule is CC(C)c1cc(C#N)c(F)c(C(C)C)c1CC(=O)CN=S(N)(=O)c1nc(C(C)(C)O)cs1. The molecule has 0 radical (unpaired) electrons. The Morgan fingerprint density at radius 3 is 2.47 bits per heavy atom. The number of nitrogens with two attached hydrogens (primary N) is 1. The van der Waals surface area contributed by atoms with Crippen LogP contribution < -0.4 is 5.14 Å². The van der Waals surface area contributed by atoms with Crippen LogP contribution in [-0.4, -0.2) is 26.6 Å². The van der Waals surface area contributed by atoms with Crippen molar-refractivity contribution in [3.05, 3.63) is 45.2 Å². The molecule has 2 rings (SSSR count). The zero-order valence-corrected chi connectivity index (χ0v) is 20.7. The number of hydrogen-bond donors (Lipinski definition) is 2. The minimum absolute atomic E-state index is 0.0255. The van der Waals surface area contributed by atoms with Crippen LogP contribution in [-0.2, 0) is 26.7 Å². The summed E-state index contributed by atoms with van der Waals surface area (Å²) in [5.74, 6) is -1.27. The van der Waals surface area contributed by atoms with Crippen LogP contribution in [0.5, 0.6) is 0 Å². The highest BCUT2D eigenvalue weighted by atomic mass is 32.2. The second kappa shape index (κ2) is 9.75. The van der Waals surface area contributed by atoms with E-state index in [2.05, 4.69) is 9.35 Å². The van der Waals surface area contributed by atoms with Gasteiger partial charge in [-0.05, 0) is 48.4 Å². The highest BCUT2D eigenvalue weighted by molar-refractivity contribution is 7.93. The zero-order valence-electron chi connectivity index (χ0n) is 19.1. The summed E-state index contributed by atoms with van der Waals surface area (Å²) in [4.78, 5) is 16.9. The normalized spacial score (nSPS) is 13.8. The third kappa shape index (κ3) is 5.78. The first-order valence-electron chi connectivity index (χ1n) is 10.1. The topological polar surface area (TPSA) is 129 Å². The maximum Gasteiger partial charge on any atom is 0.204 e. The van der Waals surface area contributed by atoms with E-state index < -0.39 is 27.9 Å². The van der Waals surface area contributed by atoms with Crippen molar-refractivity contribution in [2.45, 2.75) is 69.7 Å². The lowest BCUT2D eigenvalue weighted by Gasteiger charge is -2.21. The van der Waals surface area contributed by atoms with E-state index in [9.17, 15) is 23.8 Å². The molecular weight excluding hydrogens is 451 g/mol. The number of carbonyl (C=O) groups is 1. The molecule has 3 N–H and O–H groups in total. The lowest BCUT2D eigenvalue weighted by Crippen LogP contribution is -2.19. The molecule has 1 heterocycles. The number of rotatable bonds is 8. The number of carbonyl (C=O) groups excluding carboxylic acids is 1. The van der Waals surface area contributed by atoms with Crippen LogP contribution in [0.25, 0.3) is 0 Å². The summed E-state index contributed by atoms with van der Waals surface area (Å²) < 4.78 is 31.6. The quantitative estimate of drug-likeness (QED) is 0.586. The number of aromatic nitrogens is 1. The molecule has 0 spiro atoms. The summed E-state index contributed by atoms with van der Waals surface area (Å²) in [5, 5.41) is 26.7. The first-order chi connectivity index (χ1) is 14.7. The predicted molar refractivity (Wildman–Crippen MR) is 123 cm³/mol. The first-order valence-corrected chi connectivity index (χ1v) is 12.6. The lowest BCUT2D eigenvalue weighted by atomic mass is 9.84. The summed E-state index contributed by atoms with van der Waals surface area (Å²) in [6, 6.07) is 3.38. The number of benzene rings is 1. The van der Waals surface area contributed by atoms with Gasteiger partial charge in [-0.2, -0.15) is 5.26 Å². The molecule has 32 heavy (non-hydrogen) atoms. The summed E-state index contributed by atoms with van der Waals surface area (Å²) in [5.41, 5.74) is 0.643. The van der Waals surface area contributed by atoms with Crippen LogP contribution in [0.4, 0.5) is 4.39 Å². The lowest BCUT2D eigenvalue weighted by molar-refractivity contribution is -0.117. The van der Waals surface area contributed by atoms with Gasteiger partial charge in [-0.15, -0.1) is 11.3 Å². The van der Waals surface area contributed by atoms with Crippen molar-refractivity contribution >= 4 is 27.0 Å². The van der Waals surface area contributed by atoms with Gasteiger partial charge < -0.3 is 5.11 Å². The molecule has 0 saturated heterocycles. The Labute approximate surface area is 192 Å². The third-order valence-electron chi connectivity index (χ3n) is 4.93. The fourth-order valence-corrected chi connectivity index (χ4v) is 5.52. The number of halogens is 1. The minimum Gasteiger partial charge on any atom is -0.384 e. The predicted octanol–water partition coefficient (Wildman–Crippen LogP) is 4.14. The van der Waals surface area contributed by atoms with Gasteiger partial charge in [0.1, 0.15) is 24.0 Å². The zero-order chi connectivity index (χ0) is 24.4. The van der Waals surface area contributed by atoms with E-state index in [4.69, 9.17) is 5.14 Å². The van der Waals surface area contributed by atoms with Crippen molar-refractivity contribution in [3.8, 4) is 6.07 Å². The highest BCUT2D eigenvalue weighted by Crippen LogP contribution is 2.33. The van der Waals surface area contributed by atoms with Gasteiger partial charge in [-0.1, -0.05) is 27.7 Å². The molecule has 0 aliphatic heterocycles.